The summed E-state index contributed by atoms with van der Waals surface area (Å²) in [5, 5.41) is 0. The van der Waals surface area contributed by atoms with Crippen molar-refractivity contribution < 1.29 is 4.74 Å². The second kappa shape index (κ2) is 45.9. The fourth-order valence-electron chi connectivity index (χ4n) is 16.6. The molecular formula is C132H132OS8+6. The van der Waals surface area contributed by atoms with Gasteiger partial charge in [-0.1, -0.05) is 330 Å². The van der Waals surface area contributed by atoms with Gasteiger partial charge in [-0.15, -0.1) is 0 Å². The summed E-state index contributed by atoms with van der Waals surface area (Å²) in [5.41, 5.74) is 8.97. The van der Waals surface area contributed by atoms with Gasteiger partial charge in [-0.25, -0.2) is 0 Å². The van der Waals surface area contributed by atoms with Gasteiger partial charge in [0.25, 0.3) is 0 Å². The van der Waals surface area contributed by atoms with Crippen molar-refractivity contribution in [3.05, 3.63) is 507 Å². The third-order valence-corrected chi connectivity index (χ3v) is 40.1. The third kappa shape index (κ3) is 26.9. The molecule has 0 aromatic heterocycles. The maximum atomic E-state index is 6.28. The fourth-order valence-corrected chi connectivity index (χ4v) is 30.6. The molecule has 0 aliphatic heterocycles. The van der Waals surface area contributed by atoms with E-state index >= 15 is 0 Å². The molecule has 0 radical (unpaired) electrons. The van der Waals surface area contributed by atoms with Crippen molar-refractivity contribution >= 4 is 88.9 Å². The van der Waals surface area contributed by atoms with Gasteiger partial charge in [0.1, 0.15) is 11.5 Å². The molecule has 0 aliphatic carbocycles. The van der Waals surface area contributed by atoms with Gasteiger partial charge in [-0.05, 0) is 357 Å². The Bertz CT molecular complexity index is 6340. The number of benzene rings is 18. The molecule has 9 heteroatoms. The summed E-state index contributed by atoms with van der Waals surface area (Å²) in [4.78, 5) is 28.9. The van der Waals surface area contributed by atoms with Gasteiger partial charge in [0.15, 0.2) is 88.1 Å². The van der Waals surface area contributed by atoms with Gasteiger partial charge >= 0.3 is 0 Å². The molecule has 0 N–H and O–H groups in total. The van der Waals surface area contributed by atoms with Crippen molar-refractivity contribution in [1.82, 2.24) is 0 Å². The Morgan fingerprint density at radius 3 is 0.355 bits per heavy atom. The summed E-state index contributed by atoms with van der Waals surface area (Å²) in [7, 11) is -1.08. The second-order valence-corrected chi connectivity index (χ2v) is 55.9. The maximum absolute atomic E-state index is 6.28. The molecular weight excluding hydrogens is 1860 g/mol. The van der Waals surface area contributed by atoms with E-state index in [2.05, 4.69) is 598 Å². The highest BCUT2D eigenvalue weighted by molar-refractivity contribution is 8.00. The van der Waals surface area contributed by atoms with Crippen molar-refractivity contribution in [2.75, 3.05) is 0 Å². The molecule has 0 bridgehead atoms. The van der Waals surface area contributed by atoms with Crippen LogP contribution in [-0.2, 0) is 97.9 Å². The largest absolute Gasteiger partial charge is 0.457 e. The van der Waals surface area contributed by atoms with E-state index in [9.17, 15) is 0 Å². The van der Waals surface area contributed by atoms with E-state index in [0.717, 1.165) is 11.5 Å². The first-order valence-electron chi connectivity index (χ1n) is 48.7. The lowest BCUT2D eigenvalue weighted by Gasteiger charge is -2.20. The van der Waals surface area contributed by atoms with Crippen molar-refractivity contribution in [3.63, 3.8) is 0 Å². The first-order valence-corrected chi connectivity index (χ1v) is 57.7. The van der Waals surface area contributed by atoms with Crippen LogP contribution in [0.1, 0.15) is 158 Å². The van der Waals surface area contributed by atoms with Crippen LogP contribution in [0, 0.1) is 0 Å². The van der Waals surface area contributed by atoms with E-state index in [1.165, 1.54) is 141 Å². The molecule has 0 aliphatic rings. The Morgan fingerprint density at radius 1 is 0.128 bits per heavy atom. The van der Waals surface area contributed by atoms with Crippen molar-refractivity contribution in [2.24, 2.45) is 0 Å². The Kier molecular flexibility index (Phi) is 33.3. The summed E-state index contributed by atoms with van der Waals surface area (Å²) in [6, 6.07) is 175. The van der Waals surface area contributed by atoms with E-state index < -0.39 is 0 Å². The Morgan fingerprint density at radius 2 is 0.234 bits per heavy atom. The average molecular weight is 1990 g/mol. The zero-order valence-corrected chi connectivity index (χ0v) is 91.2. The van der Waals surface area contributed by atoms with Gasteiger partial charge in [0, 0.05) is 19.6 Å². The number of hydrogen-bond donors (Lipinski definition) is 0. The first-order chi connectivity index (χ1) is 67.7. The molecule has 2 atom stereocenters. The topological polar surface area (TPSA) is 9.23 Å². The van der Waals surface area contributed by atoms with Crippen LogP contribution in [0.15, 0.2) is 581 Å². The minimum absolute atomic E-state index is 0.124. The molecule has 0 amide bonds. The second-order valence-electron chi connectivity index (χ2n) is 41.5. The molecule has 0 heterocycles. The SMILES string of the molecule is CC(C)(C)c1ccc([S+](c2ccc(Sc3ccc([S+](c4ccc(C(C)(C)C)cc4)c4ccc(C(C)(C)C)cc4)cc3)cc2)c2ccc(C(C)(C)C)cc2)cc1.CC(C)(C)c1ccc([S+](c2ccccc2)c2ccc(Sc3ccc([S+](c4ccccc4)c4ccc(C(C)(C)C)cc4)cc3)cc2)cc1.c1ccc([S+](c2ccccc2)c2ccc(Oc3ccc([S+](c4ccccc4)c4ccccc4)cc3)cc2)cc1. The van der Waals surface area contributed by atoms with E-state index in [0.29, 0.717) is 0 Å². The maximum Gasteiger partial charge on any atom is 0.166 e. The Hall–Kier alpha value is -11.4. The average Bonchev–Trinajstić information content (AvgIpc) is 0.781. The van der Waals surface area contributed by atoms with Crippen LogP contribution in [0.2, 0.25) is 0 Å². The molecule has 0 saturated heterocycles. The van der Waals surface area contributed by atoms with Gasteiger partial charge < -0.3 is 4.74 Å². The zero-order valence-electron chi connectivity index (χ0n) is 84.7. The van der Waals surface area contributed by atoms with Crippen LogP contribution in [0.3, 0.4) is 0 Å². The lowest BCUT2D eigenvalue weighted by atomic mass is 9.87. The van der Waals surface area contributed by atoms with E-state index in [4.69, 9.17) is 4.74 Å². The van der Waals surface area contributed by atoms with Crippen molar-refractivity contribution in [1.29, 1.82) is 0 Å². The van der Waals surface area contributed by atoms with Crippen LogP contribution in [-0.4, -0.2) is 0 Å². The molecule has 708 valence electrons. The van der Waals surface area contributed by atoms with Gasteiger partial charge in [-0.3, -0.25) is 0 Å². The standard InChI is InChI=1S/C52H60S3.C44H44S3.C36H28OS2/c1-49(2,3)37-13-25-43(26-14-37)54(44-27-15-38(16-28-44)50(4,5)6)47-33-21-41(22-34-47)53-42-23-35-48(36-24-42)55(45-29-17-39(18-30-45)51(7,8)9)46-31-19-40(20-32-46)52(10,11)12;1-43(2,3)33-17-25-39(26-18-33)46(37-13-9-7-10-14-37)41-29-21-35(22-30-41)45-36-23-31-42(32-24-36)47(38-15-11-8-12-16-38)40-27-19-34(20-28-40)44(4,5)6;1-5-13-31(14-6-1)38(32-15-7-2-8-16-32)35-25-21-29(22-26-35)37-30-23-27-36(28-24-30)39(33-17-9-3-10-18-33)34-19-11-4-12-20-34/h13-36H,1-12H3;7-32H,1-6H3;1-28H/q3*+2. The van der Waals surface area contributed by atoms with Crippen molar-refractivity contribution in [2.45, 2.75) is 265 Å². The highest BCUT2D eigenvalue weighted by Gasteiger charge is 2.37. The number of hydrogen-bond acceptors (Lipinski definition) is 3. The van der Waals surface area contributed by atoms with Crippen LogP contribution < -0.4 is 4.74 Å². The van der Waals surface area contributed by atoms with Crippen LogP contribution >= 0.6 is 23.5 Å². The molecule has 0 spiro atoms. The minimum atomic E-state index is -0.206. The van der Waals surface area contributed by atoms with Crippen LogP contribution in [0.4, 0.5) is 0 Å². The summed E-state index contributed by atoms with van der Waals surface area (Å²) < 4.78 is 6.28. The molecule has 1 nitrogen and oxygen atoms in total. The highest BCUT2D eigenvalue weighted by atomic mass is 32.2. The predicted octanol–water partition coefficient (Wildman–Crippen LogP) is 37.5. The Labute approximate surface area is 868 Å². The monoisotopic (exact) mass is 1990 g/mol. The summed E-state index contributed by atoms with van der Waals surface area (Å²) in [6.07, 6.45) is 0. The molecule has 141 heavy (non-hydrogen) atoms. The fraction of sp³-hybridized carbons (Fsp3) is 0.182. The van der Waals surface area contributed by atoms with Crippen molar-refractivity contribution in [3.8, 4) is 11.5 Å². The van der Waals surface area contributed by atoms with E-state index in [1.807, 2.05) is 23.5 Å². The van der Waals surface area contributed by atoms with Gasteiger partial charge in [-0.2, -0.15) is 0 Å². The van der Waals surface area contributed by atoms with E-state index in [1.54, 1.807) is 0 Å². The van der Waals surface area contributed by atoms with Gasteiger partial charge in [0.2, 0.25) is 0 Å². The van der Waals surface area contributed by atoms with E-state index in [-0.39, 0.29) is 97.9 Å². The number of rotatable bonds is 24. The number of ether oxygens (including phenoxy) is 1. The molecule has 18 rings (SSSR count). The molecule has 18 aromatic rings. The molecule has 0 saturated carbocycles. The summed E-state index contributed by atoms with van der Waals surface area (Å²) in [6.45, 7) is 41.1. The Balaban J connectivity index is 0.000000154. The van der Waals surface area contributed by atoms with Gasteiger partial charge in [0.05, 0.1) is 65.4 Å². The molecule has 0 fully saturated rings. The molecule has 18 aromatic carbocycles. The molecule has 2 unspecified atom stereocenters. The lowest BCUT2D eigenvalue weighted by molar-refractivity contribution is 0.482. The summed E-state index contributed by atoms with van der Waals surface area (Å²) in [5.74, 6) is 1.67. The smallest absolute Gasteiger partial charge is 0.166 e. The predicted molar refractivity (Wildman–Crippen MR) is 609 cm³/mol. The quantitative estimate of drug-likeness (QED) is 0.0558. The lowest BCUT2D eigenvalue weighted by Crippen LogP contribution is -2.13. The van der Waals surface area contributed by atoms with Crippen LogP contribution in [0.25, 0.3) is 0 Å². The summed E-state index contributed by atoms with van der Waals surface area (Å²) >= 11 is 3.66. The zero-order chi connectivity index (χ0) is 99.1. The minimum Gasteiger partial charge on any atom is -0.457 e. The third-order valence-electron chi connectivity index (χ3n) is 24.7. The van der Waals surface area contributed by atoms with Crippen LogP contribution in [0.5, 0.6) is 11.5 Å². The first kappa shape index (κ1) is 102. The normalized spacial score (nSPS) is 12.4. The highest BCUT2D eigenvalue weighted by Crippen LogP contribution is 2.45.